The quantitative estimate of drug-likeness (QED) is 0.760. The highest BCUT2D eigenvalue weighted by molar-refractivity contribution is 6.35. The lowest BCUT2D eigenvalue weighted by molar-refractivity contribution is -0.138. The zero-order valence-electron chi connectivity index (χ0n) is 13.5. The van der Waals surface area contributed by atoms with Crippen molar-refractivity contribution < 1.29 is 14.4 Å². The summed E-state index contributed by atoms with van der Waals surface area (Å²) in [7, 11) is 0. The first-order valence-corrected chi connectivity index (χ1v) is 7.73. The van der Waals surface area contributed by atoms with Gasteiger partial charge in [0.05, 0.1) is 0 Å². The first kappa shape index (κ1) is 17.4. The third-order valence-electron chi connectivity index (χ3n) is 3.53. The second-order valence-electron chi connectivity index (χ2n) is 5.48. The van der Waals surface area contributed by atoms with Crippen molar-refractivity contribution in [1.82, 2.24) is 10.6 Å². The maximum absolute atomic E-state index is 12.4. The van der Waals surface area contributed by atoms with Gasteiger partial charge in [-0.25, -0.2) is 0 Å². The van der Waals surface area contributed by atoms with E-state index in [1.807, 2.05) is 60.7 Å². The summed E-state index contributed by atoms with van der Waals surface area (Å²) >= 11 is 0. The Kier molecular flexibility index (Phi) is 6.25. The summed E-state index contributed by atoms with van der Waals surface area (Å²) in [4.78, 5) is 35.3. The van der Waals surface area contributed by atoms with Gasteiger partial charge in [0.1, 0.15) is 6.04 Å². The Morgan fingerprint density at radius 2 is 1.42 bits per heavy atom. The van der Waals surface area contributed by atoms with Crippen LogP contribution in [0.4, 0.5) is 0 Å². The minimum atomic E-state index is -0.799. The molecule has 0 saturated carbocycles. The molecule has 2 rings (SSSR count). The molecule has 5 heteroatoms. The van der Waals surface area contributed by atoms with E-state index >= 15 is 0 Å². The molecule has 0 radical (unpaired) electrons. The Bertz CT molecular complexity index is 699. The number of benzene rings is 2. The number of rotatable bonds is 7. The molecule has 2 amide bonds. The molecule has 5 nitrogen and oxygen atoms in total. The molecule has 0 aliphatic rings. The fourth-order valence-corrected chi connectivity index (χ4v) is 2.23. The molecule has 1 atom stereocenters. The number of nitrogens with one attached hydrogen (secondary N) is 2. The Balaban J connectivity index is 2.04. The van der Waals surface area contributed by atoms with E-state index in [0.29, 0.717) is 13.0 Å². The third kappa shape index (κ3) is 5.35. The van der Waals surface area contributed by atoms with Gasteiger partial charge in [0.25, 0.3) is 5.91 Å². The first-order chi connectivity index (χ1) is 11.6. The summed E-state index contributed by atoms with van der Waals surface area (Å²) in [6, 6.07) is 18.0. The van der Waals surface area contributed by atoms with Gasteiger partial charge in [-0.2, -0.15) is 0 Å². The van der Waals surface area contributed by atoms with Crippen molar-refractivity contribution in [3.63, 3.8) is 0 Å². The first-order valence-electron chi connectivity index (χ1n) is 7.73. The Hall–Kier alpha value is -2.95. The molecule has 0 aliphatic heterocycles. The molecule has 0 saturated heterocycles. The van der Waals surface area contributed by atoms with E-state index in [1.165, 1.54) is 6.92 Å². The molecule has 0 aliphatic carbocycles. The largest absolute Gasteiger partial charge is 0.350 e. The van der Waals surface area contributed by atoms with Crippen molar-refractivity contribution in [1.29, 1.82) is 0 Å². The summed E-state index contributed by atoms with van der Waals surface area (Å²) in [5.74, 6) is -1.70. The predicted octanol–water partition coefficient (Wildman–Crippen LogP) is 1.62. The van der Waals surface area contributed by atoms with Crippen LogP contribution in [0.15, 0.2) is 60.7 Å². The molecular formula is C19H20N2O3. The van der Waals surface area contributed by atoms with E-state index in [1.54, 1.807) is 0 Å². The monoisotopic (exact) mass is 324 g/mol. The van der Waals surface area contributed by atoms with Crippen LogP contribution in [0, 0.1) is 0 Å². The molecule has 0 unspecified atom stereocenters. The van der Waals surface area contributed by atoms with Crippen molar-refractivity contribution in [2.75, 3.05) is 0 Å². The SMILES string of the molecule is CC(=O)C(=O)N[C@@H](Cc1ccccc1)C(=O)NCc1ccccc1. The van der Waals surface area contributed by atoms with Crippen molar-refractivity contribution in [2.45, 2.75) is 25.9 Å². The highest BCUT2D eigenvalue weighted by Crippen LogP contribution is 2.05. The topological polar surface area (TPSA) is 75.3 Å². The minimum Gasteiger partial charge on any atom is -0.350 e. The molecule has 24 heavy (non-hydrogen) atoms. The summed E-state index contributed by atoms with van der Waals surface area (Å²) in [5.41, 5.74) is 1.86. The van der Waals surface area contributed by atoms with Crippen LogP contribution in [0.5, 0.6) is 0 Å². The average molecular weight is 324 g/mol. The fraction of sp³-hybridized carbons (Fsp3) is 0.211. The summed E-state index contributed by atoms with van der Waals surface area (Å²) in [5, 5.41) is 5.30. The van der Waals surface area contributed by atoms with E-state index in [4.69, 9.17) is 0 Å². The second kappa shape index (κ2) is 8.62. The summed E-state index contributed by atoms with van der Waals surface area (Å²) in [6.45, 7) is 1.54. The lowest BCUT2D eigenvalue weighted by Crippen LogP contribution is -2.49. The van der Waals surface area contributed by atoms with E-state index in [2.05, 4.69) is 10.6 Å². The van der Waals surface area contributed by atoms with Crippen LogP contribution in [0.3, 0.4) is 0 Å². The molecular weight excluding hydrogens is 304 g/mol. The smallest absolute Gasteiger partial charge is 0.287 e. The average Bonchev–Trinajstić information content (AvgIpc) is 2.60. The van der Waals surface area contributed by atoms with Crippen LogP contribution in [0.2, 0.25) is 0 Å². The van der Waals surface area contributed by atoms with Gasteiger partial charge in [-0.1, -0.05) is 60.7 Å². The molecule has 2 aromatic carbocycles. The van der Waals surface area contributed by atoms with Gasteiger partial charge in [-0.05, 0) is 11.1 Å². The van der Waals surface area contributed by atoms with Crippen molar-refractivity contribution >= 4 is 17.6 Å². The van der Waals surface area contributed by atoms with Crippen molar-refractivity contribution in [3.05, 3.63) is 71.8 Å². The highest BCUT2D eigenvalue weighted by Gasteiger charge is 2.22. The number of hydrogen-bond acceptors (Lipinski definition) is 3. The van der Waals surface area contributed by atoms with E-state index in [9.17, 15) is 14.4 Å². The molecule has 124 valence electrons. The Labute approximate surface area is 141 Å². The highest BCUT2D eigenvalue weighted by atomic mass is 16.2. The molecule has 2 N–H and O–H groups in total. The van der Waals surface area contributed by atoms with Gasteiger partial charge >= 0.3 is 0 Å². The standard InChI is InChI=1S/C19H20N2O3/c1-14(22)18(23)21-17(12-15-8-4-2-5-9-15)19(24)20-13-16-10-6-3-7-11-16/h2-11,17H,12-13H2,1H3,(H,20,24)(H,21,23)/t17-/m0/s1. The maximum atomic E-state index is 12.4. The molecule has 0 heterocycles. The number of hydrogen-bond donors (Lipinski definition) is 2. The number of ketones is 1. The number of carbonyl (C=O) groups is 3. The molecule has 0 bridgehead atoms. The number of carbonyl (C=O) groups excluding carboxylic acids is 3. The summed E-state index contributed by atoms with van der Waals surface area (Å²) < 4.78 is 0. The van der Waals surface area contributed by atoms with Crippen LogP contribution in [-0.4, -0.2) is 23.6 Å². The predicted molar refractivity (Wildman–Crippen MR) is 91.0 cm³/mol. The van der Waals surface area contributed by atoms with Crippen molar-refractivity contribution in [2.24, 2.45) is 0 Å². The van der Waals surface area contributed by atoms with Gasteiger partial charge in [0.15, 0.2) is 0 Å². The maximum Gasteiger partial charge on any atom is 0.287 e. The van der Waals surface area contributed by atoms with Gasteiger partial charge < -0.3 is 10.6 Å². The Morgan fingerprint density at radius 3 is 1.96 bits per heavy atom. The van der Waals surface area contributed by atoms with Crippen molar-refractivity contribution in [3.8, 4) is 0 Å². The van der Waals surface area contributed by atoms with Gasteiger partial charge in [-0.15, -0.1) is 0 Å². The third-order valence-corrected chi connectivity index (χ3v) is 3.53. The van der Waals surface area contributed by atoms with Crippen LogP contribution in [0.25, 0.3) is 0 Å². The van der Waals surface area contributed by atoms with Gasteiger partial charge in [0.2, 0.25) is 11.7 Å². The minimum absolute atomic E-state index is 0.320. The van der Waals surface area contributed by atoms with Gasteiger partial charge in [0, 0.05) is 19.9 Å². The van der Waals surface area contributed by atoms with E-state index < -0.39 is 17.7 Å². The van der Waals surface area contributed by atoms with Crippen LogP contribution >= 0.6 is 0 Å². The molecule has 0 spiro atoms. The van der Waals surface area contributed by atoms with E-state index in [0.717, 1.165) is 11.1 Å². The zero-order valence-corrected chi connectivity index (χ0v) is 13.5. The molecule has 0 aromatic heterocycles. The lowest BCUT2D eigenvalue weighted by atomic mass is 10.0. The van der Waals surface area contributed by atoms with Crippen LogP contribution < -0.4 is 10.6 Å². The van der Waals surface area contributed by atoms with E-state index in [-0.39, 0.29) is 5.91 Å². The molecule has 2 aromatic rings. The second-order valence-corrected chi connectivity index (χ2v) is 5.48. The number of Topliss-reactive ketones (excluding diaryl/α,β-unsaturated/α-hetero) is 1. The Morgan fingerprint density at radius 1 is 0.875 bits per heavy atom. The van der Waals surface area contributed by atoms with Gasteiger partial charge in [-0.3, -0.25) is 14.4 Å². The fourth-order valence-electron chi connectivity index (χ4n) is 2.23. The summed E-state index contributed by atoms with van der Waals surface area (Å²) in [6.07, 6.45) is 0.320. The number of amides is 2. The zero-order chi connectivity index (χ0) is 17.4. The normalized spacial score (nSPS) is 11.4. The molecule has 0 fully saturated rings. The lowest BCUT2D eigenvalue weighted by Gasteiger charge is -2.18. The van der Waals surface area contributed by atoms with Crippen LogP contribution in [-0.2, 0) is 27.3 Å². The van der Waals surface area contributed by atoms with Crippen LogP contribution in [0.1, 0.15) is 18.1 Å².